The van der Waals surface area contributed by atoms with Gasteiger partial charge in [0.05, 0.1) is 6.10 Å². The Bertz CT molecular complexity index is 81.0. The van der Waals surface area contributed by atoms with Gasteiger partial charge in [-0.05, 0) is 14.1 Å². The molecule has 0 radical (unpaired) electrons. The van der Waals surface area contributed by atoms with Gasteiger partial charge in [0, 0.05) is 13.7 Å². The molecular weight excluding hydrogens is 114 g/mol. The fourth-order valence-corrected chi connectivity index (χ4v) is 0.605. The van der Waals surface area contributed by atoms with Gasteiger partial charge in [-0.2, -0.15) is 0 Å². The molecule has 9 heavy (non-hydrogen) atoms. The monoisotopic (exact) mass is 129 g/mol. The van der Waals surface area contributed by atoms with Gasteiger partial charge in [-0.3, -0.25) is 0 Å². The molecule has 0 aromatic heterocycles. The van der Waals surface area contributed by atoms with Crippen molar-refractivity contribution < 1.29 is 4.74 Å². The molecule has 0 bridgehead atoms. The third kappa shape index (κ3) is 4.18. The first kappa shape index (κ1) is 8.66. The van der Waals surface area contributed by atoms with Crippen LogP contribution in [0.3, 0.4) is 0 Å². The van der Waals surface area contributed by atoms with Gasteiger partial charge in [-0.1, -0.05) is 6.08 Å². The molecule has 0 aliphatic rings. The van der Waals surface area contributed by atoms with Gasteiger partial charge >= 0.3 is 0 Å². The van der Waals surface area contributed by atoms with Crippen LogP contribution in [0.25, 0.3) is 0 Å². The first-order valence-corrected chi connectivity index (χ1v) is 3.00. The molecule has 0 spiro atoms. The van der Waals surface area contributed by atoms with Gasteiger partial charge in [-0.25, -0.2) is 0 Å². The minimum Gasteiger partial charge on any atom is -0.376 e. The molecule has 0 aromatic rings. The smallest absolute Gasteiger partial charge is 0.0876 e. The summed E-state index contributed by atoms with van der Waals surface area (Å²) in [6, 6.07) is 0. The van der Waals surface area contributed by atoms with Crippen molar-refractivity contribution in [2.75, 3.05) is 27.7 Å². The van der Waals surface area contributed by atoms with Crippen molar-refractivity contribution in [1.82, 2.24) is 4.90 Å². The van der Waals surface area contributed by atoms with Crippen LogP contribution in [0.15, 0.2) is 12.7 Å². The fourth-order valence-electron chi connectivity index (χ4n) is 0.605. The molecule has 0 aromatic carbocycles. The average molecular weight is 129 g/mol. The van der Waals surface area contributed by atoms with Crippen molar-refractivity contribution >= 4 is 0 Å². The van der Waals surface area contributed by atoms with Crippen LogP contribution in [0.2, 0.25) is 0 Å². The second kappa shape index (κ2) is 4.53. The number of methoxy groups -OCH3 is 1. The van der Waals surface area contributed by atoms with Crippen molar-refractivity contribution in [3.05, 3.63) is 12.7 Å². The van der Waals surface area contributed by atoms with Crippen LogP contribution in [0.4, 0.5) is 0 Å². The Kier molecular flexibility index (Phi) is 4.36. The predicted octanol–water partition coefficient (Wildman–Crippen LogP) is 0.749. The highest BCUT2D eigenvalue weighted by molar-refractivity contribution is 4.80. The zero-order chi connectivity index (χ0) is 7.28. The normalized spacial score (nSPS) is 13.8. The van der Waals surface area contributed by atoms with Crippen molar-refractivity contribution in [3.63, 3.8) is 0 Å². The van der Waals surface area contributed by atoms with Gasteiger partial charge in [0.1, 0.15) is 0 Å². The molecule has 0 heterocycles. The van der Waals surface area contributed by atoms with Crippen molar-refractivity contribution in [2.24, 2.45) is 0 Å². The molecule has 0 aliphatic carbocycles. The van der Waals surface area contributed by atoms with E-state index >= 15 is 0 Å². The van der Waals surface area contributed by atoms with Crippen LogP contribution < -0.4 is 0 Å². The van der Waals surface area contributed by atoms with E-state index < -0.39 is 0 Å². The van der Waals surface area contributed by atoms with E-state index in [1.165, 1.54) is 0 Å². The van der Waals surface area contributed by atoms with Crippen molar-refractivity contribution in [2.45, 2.75) is 6.10 Å². The maximum atomic E-state index is 5.05. The van der Waals surface area contributed by atoms with E-state index in [4.69, 9.17) is 4.74 Å². The molecule has 1 atom stereocenters. The second-order valence-corrected chi connectivity index (χ2v) is 2.27. The molecule has 0 saturated carbocycles. The van der Waals surface area contributed by atoms with Gasteiger partial charge < -0.3 is 9.64 Å². The highest BCUT2D eigenvalue weighted by Gasteiger charge is 2.00. The van der Waals surface area contributed by atoms with Crippen molar-refractivity contribution in [1.29, 1.82) is 0 Å². The third-order valence-corrected chi connectivity index (χ3v) is 1.11. The van der Waals surface area contributed by atoms with Crippen molar-refractivity contribution in [3.8, 4) is 0 Å². The number of rotatable bonds is 4. The molecular formula is C7H15NO. The zero-order valence-corrected chi connectivity index (χ0v) is 6.42. The summed E-state index contributed by atoms with van der Waals surface area (Å²) in [5.41, 5.74) is 0. The summed E-state index contributed by atoms with van der Waals surface area (Å²) in [6.07, 6.45) is 1.97. The Morgan fingerprint density at radius 2 is 2.22 bits per heavy atom. The predicted molar refractivity (Wildman–Crippen MR) is 39.5 cm³/mol. The molecule has 0 N–H and O–H groups in total. The number of likely N-dealkylation sites (N-methyl/N-ethyl adjacent to an activating group) is 1. The summed E-state index contributed by atoms with van der Waals surface area (Å²) in [5, 5.41) is 0. The lowest BCUT2D eigenvalue weighted by Crippen LogP contribution is -2.25. The minimum absolute atomic E-state index is 0.167. The maximum absolute atomic E-state index is 5.05. The van der Waals surface area contributed by atoms with E-state index in [1.807, 2.05) is 14.1 Å². The van der Waals surface area contributed by atoms with E-state index in [0.717, 1.165) is 6.54 Å². The highest BCUT2D eigenvalue weighted by Crippen LogP contribution is 1.91. The number of ether oxygens (including phenoxy) is 1. The van der Waals surface area contributed by atoms with E-state index in [-0.39, 0.29) is 6.10 Å². The Balaban J connectivity index is 3.42. The summed E-state index contributed by atoms with van der Waals surface area (Å²) in [7, 11) is 5.71. The molecule has 0 saturated heterocycles. The number of hydrogen-bond donors (Lipinski definition) is 0. The summed E-state index contributed by atoms with van der Waals surface area (Å²) in [4.78, 5) is 2.07. The first-order chi connectivity index (χ1) is 4.20. The summed E-state index contributed by atoms with van der Waals surface area (Å²) in [6.45, 7) is 4.54. The van der Waals surface area contributed by atoms with Gasteiger partial charge in [0.2, 0.25) is 0 Å². The lowest BCUT2D eigenvalue weighted by Gasteiger charge is -2.15. The van der Waals surface area contributed by atoms with Gasteiger partial charge in [-0.15, -0.1) is 6.58 Å². The lowest BCUT2D eigenvalue weighted by molar-refractivity contribution is 0.114. The molecule has 2 heteroatoms. The lowest BCUT2D eigenvalue weighted by atomic mass is 10.3. The summed E-state index contributed by atoms with van der Waals surface area (Å²) >= 11 is 0. The molecule has 0 aliphatic heterocycles. The number of hydrogen-bond acceptors (Lipinski definition) is 2. The Morgan fingerprint density at radius 3 is 2.33 bits per heavy atom. The topological polar surface area (TPSA) is 12.5 Å². The van der Waals surface area contributed by atoms with Crippen LogP contribution in [-0.2, 0) is 4.74 Å². The average Bonchev–Trinajstić information content (AvgIpc) is 1.82. The van der Waals surface area contributed by atoms with E-state index in [2.05, 4.69) is 11.5 Å². The van der Waals surface area contributed by atoms with Crippen LogP contribution in [0, 0.1) is 0 Å². The van der Waals surface area contributed by atoms with Crippen LogP contribution in [0.1, 0.15) is 0 Å². The summed E-state index contributed by atoms with van der Waals surface area (Å²) in [5.74, 6) is 0. The Hall–Kier alpha value is -0.340. The maximum Gasteiger partial charge on any atom is 0.0876 e. The molecule has 0 fully saturated rings. The second-order valence-electron chi connectivity index (χ2n) is 2.27. The van der Waals surface area contributed by atoms with Crippen LogP contribution in [0.5, 0.6) is 0 Å². The Morgan fingerprint density at radius 1 is 1.67 bits per heavy atom. The number of nitrogens with zero attached hydrogens (tertiary/aromatic N) is 1. The van der Waals surface area contributed by atoms with E-state index in [0.29, 0.717) is 0 Å². The van der Waals surface area contributed by atoms with E-state index in [9.17, 15) is 0 Å². The fraction of sp³-hybridized carbons (Fsp3) is 0.714. The largest absolute Gasteiger partial charge is 0.376 e. The van der Waals surface area contributed by atoms with Gasteiger partial charge in [0.15, 0.2) is 0 Å². The van der Waals surface area contributed by atoms with E-state index in [1.54, 1.807) is 13.2 Å². The standard InChI is InChI=1S/C7H15NO/c1-5-7(9-4)6-8(2)3/h5,7H,1,6H2,2-4H3. The molecule has 0 rings (SSSR count). The molecule has 54 valence electrons. The minimum atomic E-state index is 0.167. The highest BCUT2D eigenvalue weighted by atomic mass is 16.5. The molecule has 1 unspecified atom stereocenters. The van der Waals surface area contributed by atoms with Crippen LogP contribution in [-0.4, -0.2) is 38.8 Å². The quantitative estimate of drug-likeness (QED) is 0.519. The summed E-state index contributed by atoms with van der Waals surface area (Å²) < 4.78 is 5.05. The SMILES string of the molecule is C=CC(CN(C)C)OC. The third-order valence-electron chi connectivity index (χ3n) is 1.11. The van der Waals surface area contributed by atoms with Gasteiger partial charge in [0.25, 0.3) is 0 Å². The first-order valence-electron chi connectivity index (χ1n) is 3.00. The van der Waals surface area contributed by atoms with Crippen LogP contribution >= 0.6 is 0 Å². The molecule has 2 nitrogen and oxygen atoms in total. The molecule has 0 amide bonds. The zero-order valence-electron chi connectivity index (χ0n) is 6.42. The Labute approximate surface area is 57.1 Å².